The lowest BCUT2D eigenvalue weighted by Gasteiger charge is -1.80. The minimum atomic E-state index is 0.718. The molecule has 32 valence electrons. The Morgan fingerprint density at radius 2 is 2.17 bits per heavy atom. The minimum absolute atomic E-state index is 0.718. The third kappa shape index (κ3) is 3.87. The topological polar surface area (TPSA) is 0 Å². The summed E-state index contributed by atoms with van der Waals surface area (Å²) in [6, 6.07) is 0. The zero-order valence-corrected chi connectivity index (χ0v) is 4.73. The maximum atomic E-state index is 2.17. The summed E-state index contributed by atoms with van der Waals surface area (Å²) in [7, 11) is 2.17. The van der Waals surface area contributed by atoms with Crippen molar-refractivity contribution in [2.75, 3.05) is 0 Å². The van der Waals surface area contributed by atoms with Gasteiger partial charge in [0.1, 0.15) is 6.60 Å². The largest absolute Gasteiger partial charge is 0.128 e. The second kappa shape index (κ2) is 3.08. The van der Waals surface area contributed by atoms with Gasteiger partial charge in [0.25, 0.3) is 0 Å². The third-order valence-electron chi connectivity index (χ3n) is 0.577. The maximum absolute atomic E-state index is 2.17. The molecule has 0 unspecified atom stereocenters. The highest BCUT2D eigenvalue weighted by molar-refractivity contribution is 7.05. The van der Waals surface area contributed by atoms with E-state index in [1.165, 1.54) is 0 Å². The molecule has 0 aliphatic rings. The Hall–Kier alpha value is -0.130. The highest BCUT2D eigenvalue weighted by Gasteiger charge is 1.84. The number of allylic oxidation sites excluding steroid dienone is 1. The van der Waals surface area contributed by atoms with Crippen LogP contribution >= 0.6 is 0 Å². The first-order valence-corrected chi connectivity index (χ1v) is 2.40. The summed E-state index contributed by atoms with van der Waals surface area (Å²) >= 11 is 0. The Labute approximate surface area is 41.1 Å². The van der Waals surface area contributed by atoms with Gasteiger partial charge in [0.05, 0.1) is 7.74 Å². The van der Waals surface area contributed by atoms with Crippen molar-refractivity contribution in [3.05, 3.63) is 12.1 Å². The number of rotatable bonds is 1. The normalized spacial score (nSPS) is 9.67. The van der Waals surface area contributed by atoms with Gasteiger partial charge in [-0.05, 0) is 6.92 Å². The maximum Gasteiger partial charge on any atom is 0.123 e. The van der Waals surface area contributed by atoms with Gasteiger partial charge in [0.15, 0.2) is 0 Å². The first kappa shape index (κ1) is 5.87. The van der Waals surface area contributed by atoms with Crippen molar-refractivity contribution in [3.8, 4) is 0 Å². The molecule has 0 heterocycles. The van der Waals surface area contributed by atoms with Gasteiger partial charge in [-0.1, -0.05) is 6.82 Å². The van der Waals surface area contributed by atoms with Crippen LogP contribution in [0, 0.1) is 0 Å². The molecule has 0 nitrogen and oxygen atoms in total. The molecule has 0 aliphatic heterocycles. The van der Waals surface area contributed by atoms with E-state index < -0.39 is 0 Å². The lowest BCUT2D eigenvalue weighted by Crippen LogP contribution is -1.99. The predicted molar refractivity (Wildman–Crippen MR) is 35.0 cm³/mol. The van der Waals surface area contributed by atoms with Gasteiger partial charge >= 0.3 is 0 Å². The fourth-order valence-corrected chi connectivity index (χ4v) is 0.385. The smallest absolute Gasteiger partial charge is 0.123 e. The highest BCUT2D eigenvalue weighted by atomic mass is 13.4. The Kier molecular flexibility index (Phi) is 3.01. The molecule has 0 amide bonds. The number of hydrogen-bond acceptors (Lipinski definition) is 0. The van der Waals surface area contributed by atoms with Crippen LogP contribution in [0.25, 0.3) is 0 Å². The second-order valence-electron chi connectivity index (χ2n) is 1.77. The zero-order chi connectivity index (χ0) is 4.99. The molecular weight excluding hydrogens is 69.7 g/mol. The monoisotopic (exact) mass is 80.1 g/mol. The van der Waals surface area contributed by atoms with Crippen LogP contribution in [0.5, 0.6) is 0 Å². The van der Waals surface area contributed by atoms with Crippen molar-refractivity contribution < 1.29 is 0 Å². The Morgan fingerprint density at radius 1 is 1.67 bits per heavy atom. The van der Waals surface area contributed by atoms with Gasteiger partial charge < -0.3 is 0 Å². The predicted octanol–water partition coefficient (Wildman–Crippen LogP) is 0.356. The molecular formula is C4H10B2. The van der Waals surface area contributed by atoms with Crippen molar-refractivity contribution in [3.63, 3.8) is 0 Å². The standard InChI is InChI=1S/C4H10B2/c1-3-4-6(2)5/h3-4H,5H2,1-2H3. The molecule has 2 heteroatoms. The van der Waals surface area contributed by atoms with Crippen molar-refractivity contribution in [2.45, 2.75) is 13.7 Å². The first-order valence-electron chi connectivity index (χ1n) is 2.40. The Balaban J connectivity index is 3.03. The van der Waals surface area contributed by atoms with E-state index in [4.69, 9.17) is 0 Å². The lowest BCUT2D eigenvalue weighted by molar-refractivity contribution is 1.77. The molecule has 0 aromatic carbocycles. The summed E-state index contributed by atoms with van der Waals surface area (Å²) < 4.78 is 0. The van der Waals surface area contributed by atoms with E-state index in [0.717, 1.165) is 6.60 Å². The van der Waals surface area contributed by atoms with Gasteiger partial charge in [-0.15, -0.1) is 12.1 Å². The minimum Gasteiger partial charge on any atom is -0.128 e. The van der Waals surface area contributed by atoms with Crippen LogP contribution in [-0.2, 0) is 0 Å². The molecule has 0 aromatic rings. The van der Waals surface area contributed by atoms with E-state index in [2.05, 4.69) is 26.6 Å². The van der Waals surface area contributed by atoms with E-state index in [0.29, 0.717) is 0 Å². The molecule has 0 rings (SSSR count). The quantitative estimate of drug-likeness (QED) is 0.398. The molecule has 0 atom stereocenters. The molecule has 0 aromatic heterocycles. The first-order chi connectivity index (χ1) is 2.77. The second-order valence-corrected chi connectivity index (χ2v) is 1.77. The fourth-order valence-electron chi connectivity index (χ4n) is 0.385. The van der Waals surface area contributed by atoms with Crippen molar-refractivity contribution in [1.82, 2.24) is 0 Å². The summed E-state index contributed by atoms with van der Waals surface area (Å²) in [5.41, 5.74) is 0. The molecule has 6 heavy (non-hydrogen) atoms. The van der Waals surface area contributed by atoms with Crippen LogP contribution < -0.4 is 0 Å². The van der Waals surface area contributed by atoms with E-state index in [9.17, 15) is 0 Å². The zero-order valence-electron chi connectivity index (χ0n) is 4.73. The van der Waals surface area contributed by atoms with E-state index in [1.54, 1.807) is 0 Å². The third-order valence-corrected chi connectivity index (χ3v) is 0.577. The van der Waals surface area contributed by atoms with Crippen LogP contribution in [0.4, 0.5) is 0 Å². The fraction of sp³-hybridized carbons (Fsp3) is 0.500. The number of hydrogen-bond donors (Lipinski definition) is 0. The van der Waals surface area contributed by atoms with Gasteiger partial charge in [-0.25, -0.2) is 0 Å². The van der Waals surface area contributed by atoms with Gasteiger partial charge in [0, 0.05) is 0 Å². The Bertz CT molecular complexity index is 47.5. The van der Waals surface area contributed by atoms with Crippen LogP contribution in [-0.4, -0.2) is 14.3 Å². The van der Waals surface area contributed by atoms with E-state index >= 15 is 0 Å². The lowest BCUT2D eigenvalue weighted by atomic mass is 9.35. The summed E-state index contributed by atoms with van der Waals surface area (Å²) in [4.78, 5) is 0. The Morgan fingerprint density at radius 3 is 2.17 bits per heavy atom. The molecule has 0 saturated carbocycles. The van der Waals surface area contributed by atoms with Crippen LogP contribution in [0.2, 0.25) is 6.82 Å². The van der Waals surface area contributed by atoms with Gasteiger partial charge in [-0.2, -0.15) is 0 Å². The highest BCUT2D eigenvalue weighted by Crippen LogP contribution is 1.73. The SMILES string of the molecule is BB(C)C=CC. The molecule has 0 aliphatic carbocycles. The molecule has 0 fully saturated rings. The van der Waals surface area contributed by atoms with Crippen LogP contribution in [0.1, 0.15) is 6.92 Å². The molecule has 0 radical (unpaired) electrons. The summed E-state index contributed by atoms with van der Waals surface area (Å²) in [6.45, 7) is 4.93. The summed E-state index contributed by atoms with van der Waals surface area (Å²) in [6.07, 6.45) is 2.07. The van der Waals surface area contributed by atoms with Crippen molar-refractivity contribution >= 4 is 14.3 Å². The van der Waals surface area contributed by atoms with Gasteiger partial charge in [0.2, 0.25) is 0 Å². The molecule has 0 saturated heterocycles. The van der Waals surface area contributed by atoms with Crippen molar-refractivity contribution in [2.24, 2.45) is 0 Å². The summed E-state index contributed by atoms with van der Waals surface area (Å²) in [5, 5.41) is 0. The average molecular weight is 79.7 g/mol. The molecule has 0 spiro atoms. The average Bonchev–Trinajstić information content (AvgIpc) is 1.35. The summed E-state index contributed by atoms with van der Waals surface area (Å²) in [5.74, 6) is 2.17. The van der Waals surface area contributed by atoms with E-state index in [1.807, 2.05) is 6.92 Å². The van der Waals surface area contributed by atoms with E-state index in [-0.39, 0.29) is 0 Å². The molecule has 0 bridgehead atoms. The van der Waals surface area contributed by atoms with Crippen LogP contribution in [0.3, 0.4) is 0 Å². The van der Waals surface area contributed by atoms with Gasteiger partial charge in [-0.3, -0.25) is 0 Å². The van der Waals surface area contributed by atoms with Crippen molar-refractivity contribution in [1.29, 1.82) is 0 Å². The van der Waals surface area contributed by atoms with Crippen LogP contribution in [0.15, 0.2) is 12.1 Å². The molecule has 0 N–H and O–H groups in total.